The molecular formula is C13H14BrFO. The molecule has 2 rings (SSSR count). The number of rotatable bonds is 2. The van der Waals surface area contributed by atoms with Gasteiger partial charge >= 0.3 is 0 Å². The maximum atomic E-state index is 13.3. The van der Waals surface area contributed by atoms with E-state index in [1.807, 2.05) is 0 Å². The standard InChI is InChI=1S/C13H14BrFO/c14-12-10(7-4-8-11(12)15)13(16)9-5-2-1-3-6-9/h4-5,7-8,13,16H,1-3,6H2. The van der Waals surface area contributed by atoms with Gasteiger partial charge in [-0.05, 0) is 53.3 Å². The van der Waals surface area contributed by atoms with E-state index < -0.39 is 6.10 Å². The van der Waals surface area contributed by atoms with E-state index in [1.54, 1.807) is 12.1 Å². The molecule has 86 valence electrons. The maximum absolute atomic E-state index is 13.3. The number of allylic oxidation sites excluding steroid dienone is 1. The van der Waals surface area contributed by atoms with Crippen LogP contribution in [0.1, 0.15) is 37.4 Å². The molecule has 1 N–H and O–H groups in total. The molecule has 0 heterocycles. The van der Waals surface area contributed by atoms with E-state index in [2.05, 4.69) is 22.0 Å². The third kappa shape index (κ3) is 2.36. The van der Waals surface area contributed by atoms with Crippen molar-refractivity contribution in [2.75, 3.05) is 0 Å². The first-order chi connectivity index (χ1) is 7.70. The van der Waals surface area contributed by atoms with Crippen LogP contribution >= 0.6 is 15.9 Å². The second-order valence-electron chi connectivity index (χ2n) is 4.07. The average molecular weight is 285 g/mol. The van der Waals surface area contributed by atoms with Gasteiger partial charge in [0.1, 0.15) is 11.9 Å². The lowest BCUT2D eigenvalue weighted by Crippen LogP contribution is -2.06. The Hall–Kier alpha value is -0.670. The van der Waals surface area contributed by atoms with Crippen molar-refractivity contribution in [3.8, 4) is 0 Å². The predicted octanol–water partition coefficient (Wildman–Crippen LogP) is 4.12. The first-order valence-electron chi connectivity index (χ1n) is 5.51. The first kappa shape index (κ1) is 11.8. The molecule has 0 fully saturated rings. The number of benzene rings is 1. The van der Waals surface area contributed by atoms with E-state index >= 15 is 0 Å². The molecule has 0 amide bonds. The van der Waals surface area contributed by atoms with Crippen LogP contribution in [0.2, 0.25) is 0 Å². The minimum atomic E-state index is -0.676. The summed E-state index contributed by atoms with van der Waals surface area (Å²) in [7, 11) is 0. The summed E-state index contributed by atoms with van der Waals surface area (Å²) in [6.07, 6.45) is 5.61. The monoisotopic (exact) mass is 284 g/mol. The molecule has 16 heavy (non-hydrogen) atoms. The zero-order valence-electron chi connectivity index (χ0n) is 8.92. The second-order valence-corrected chi connectivity index (χ2v) is 4.86. The van der Waals surface area contributed by atoms with Crippen molar-refractivity contribution >= 4 is 15.9 Å². The molecule has 0 aliphatic heterocycles. The van der Waals surface area contributed by atoms with Gasteiger partial charge in [0.25, 0.3) is 0 Å². The van der Waals surface area contributed by atoms with Crippen LogP contribution in [0.4, 0.5) is 4.39 Å². The Balaban J connectivity index is 2.29. The van der Waals surface area contributed by atoms with Crippen LogP contribution < -0.4 is 0 Å². The van der Waals surface area contributed by atoms with Crippen molar-refractivity contribution < 1.29 is 9.50 Å². The minimum Gasteiger partial charge on any atom is -0.384 e. The second kappa shape index (κ2) is 5.11. The van der Waals surface area contributed by atoms with Gasteiger partial charge in [-0.3, -0.25) is 0 Å². The number of aliphatic hydroxyl groups excluding tert-OH is 1. The fourth-order valence-corrected chi connectivity index (χ4v) is 2.52. The van der Waals surface area contributed by atoms with Gasteiger partial charge in [-0.1, -0.05) is 18.2 Å². The lowest BCUT2D eigenvalue weighted by Gasteiger charge is -2.20. The van der Waals surface area contributed by atoms with Gasteiger partial charge in [0, 0.05) is 5.56 Å². The summed E-state index contributed by atoms with van der Waals surface area (Å²) < 4.78 is 13.7. The molecule has 0 radical (unpaired) electrons. The zero-order chi connectivity index (χ0) is 11.5. The number of halogens is 2. The molecule has 1 nitrogen and oxygen atoms in total. The van der Waals surface area contributed by atoms with Gasteiger partial charge in [-0.2, -0.15) is 0 Å². The lowest BCUT2D eigenvalue weighted by molar-refractivity contribution is 0.207. The number of hydrogen-bond donors (Lipinski definition) is 1. The van der Waals surface area contributed by atoms with E-state index in [9.17, 15) is 9.50 Å². The van der Waals surface area contributed by atoms with Gasteiger partial charge in [0.15, 0.2) is 0 Å². The highest BCUT2D eigenvalue weighted by Gasteiger charge is 2.18. The summed E-state index contributed by atoms with van der Waals surface area (Å²) in [6.45, 7) is 0. The van der Waals surface area contributed by atoms with Crippen LogP contribution in [0.3, 0.4) is 0 Å². The molecule has 1 aliphatic carbocycles. The number of hydrogen-bond acceptors (Lipinski definition) is 1. The highest BCUT2D eigenvalue weighted by atomic mass is 79.9. The molecule has 0 saturated carbocycles. The summed E-state index contributed by atoms with van der Waals surface area (Å²) in [5.41, 5.74) is 1.63. The van der Waals surface area contributed by atoms with E-state index in [1.165, 1.54) is 12.5 Å². The molecule has 0 bridgehead atoms. The highest BCUT2D eigenvalue weighted by Crippen LogP contribution is 2.34. The molecule has 1 aliphatic rings. The molecule has 0 aromatic heterocycles. The molecule has 1 aromatic rings. The predicted molar refractivity (Wildman–Crippen MR) is 65.6 cm³/mol. The van der Waals surface area contributed by atoms with Gasteiger partial charge in [0.2, 0.25) is 0 Å². The summed E-state index contributed by atoms with van der Waals surface area (Å²) in [5, 5.41) is 10.2. The van der Waals surface area contributed by atoms with Crippen LogP contribution in [-0.2, 0) is 0 Å². The molecule has 1 atom stereocenters. The summed E-state index contributed by atoms with van der Waals surface area (Å²) >= 11 is 3.19. The normalized spacial score (nSPS) is 18.1. The summed E-state index contributed by atoms with van der Waals surface area (Å²) in [6, 6.07) is 4.77. The van der Waals surface area contributed by atoms with Crippen LogP contribution in [0, 0.1) is 5.82 Å². The molecular weight excluding hydrogens is 271 g/mol. The van der Waals surface area contributed by atoms with Crippen molar-refractivity contribution in [3.63, 3.8) is 0 Å². The maximum Gasteiger partial charge on any atom is 0.137 e. The van der Waals surface area contributed by atoms with Crippen LogP contribution in [0.25, 0.3) is 0 Å². The van der Waals surface area contributed by atoms with Crippen molar-refractivity contribution in [1.29, 1.82) is 0 Å². The van der Waals surface area contributed by atoms with E-state index in [4.69, 9.17) is 0 Å². The zero-order valence-corrected chi connectivity index (χ0v) is 10.5. The summed E-state index contributed by atoms with van der Waals surface area (Å²) in [5.74, 6) is -0.326. The van der Waals surface area contributed by atoms with Crippen molar-refractivity contribution in [3.05, 3.63) is 45.7 Å². The Bertz CT molecular complexity index is 414. The van der Waals surface area contributed by atoms with Crippen LogP contribution in [-0.4, -0.2) is 5.11 Å². The molecule has 0 spiro atoms. The van der Waals surface area contributed by atoms with Crippen molar-refractivity contribution in [2.45, 2.75) is 31.8 Å². The number of aliphatic hydroxyl groups is 1. The first-order valence-corrected chi connectivity index (χ1v) is 6.30. The fraction of sp³-hybridized carbons (Fsp3) is 0.385. The van der Waals surface area contributed by atoms with E-state index in [-0.39, 0.29) is 5.82 Å². The highest BCUT2D eigenvalue weighted by molar-refractivity contribution is 9.10. The minimum absolute atomic E-state index is 0.326. The molecule has 0 saturated heterocycles. The molecule has 1 unspecified atom stereocenters. The molecule has 1 aromatic carbocycles. The molecule has 3 heteroatoms. The third-order valence-corrected chi connectivity index (χ3v) is 3.79. The Morgan fingerprint density at radius 3 is 2.81 bits per heavy atom. The Labute approximate surface area is 103 Å². The van der Waals surface area contributed by atoms with Gasteiger partial charge < -0.3 is 5.11 Å². The summed E-state index contributed by atoms with van der Waals surface area (Å²) in [4.78, 5) is 0. The van der Waals surface area contributed by atoms with Gasteiger partial charge in [0.05, 0.1) is 4.47 Å². The van der Waals surface area contributed by atoms with Crippen LogP contribution in [0.5, 0.6) is 0 Å². The smallest absolute Gasteiger partial charge is 0.137 e. The van der Waals surface area contributed by atoms with Crippen LogP contribution in [0.15, 0.2) is 34.3 Å². The quantitative estimate of drug-likeness (QED) is 0.810. The van der Waals surface area contributed by atoms with Crippen molar-refractivity contribution in [1.82, 2.24) is 0 Å². The van der Waals surface area contributed by atoms with E-state index in [0.717, 1.165) is 24.8 Å². The average Bonchev–Trinajstić information content (AvgIpc) is 2.33. The largest absolute Gasteiger partial charge is 0.384 e. The Kier molecular flexibility index (Phi) is 3.77. The Morgan fingerprint density at radius 1 is 1.31 bits per heavy atom. The fourth-order valence-electron chi connectivity index (χ4n) is 2.04. The Morgan fingerprint density at radius 2 is 2.12 bits per heavy atom. The van der Waals surface area contributed by atoms with E-state index in [0.29, 0.717) is 10.0 Å². The van der Waals surface area contributed by atoms with Crippen molar-refractivity contribution in [2.24, 2.45) is 0 Å². The van der Waals surface area contributed by atoms with Gasteiger partial charge in [-0.25, -0.2) is 4.39 Å². The third-order valence-electron chi connectivity index (χ3n) is 2.95. The van der Waals surface area contributed by atoms with Gasteiger partial charge in [-0.15, -0.1) is 0 Å². The SMILES string of the molecule is OC(C1=CCCCC1)c1cccc(F)c1Br. The lowest BCUT2D eigenvalue weighted by atomic mass is 9.92. The topological polar surface area (TPSA) is 20.2 Å².